The third-order valence-electron chi connectivity index (χ3n) is 5.20. The molecule has 0 spiro atoms. The Labute approximate surface area is 195 Å². The summed E-state index contributed by atoms with van der Waals surface area (Å²) in [6.07, 6.45) is -1.89. The highest BCUT2D eigenvalue weighted by atomic mass is 35.5. The van der Waals surface area contributed by atoms with Gasteiger partial charge in [0.05, 0.1) is 33.8 Å². The van der Waals surface area contributed by atoms with Crippen molar-refractivity contribution in [2.75, 3.05) is 5.43 Å². The van der Waals surface area contributed by atoms with Gasteiger partial charge in [0.2, 0.25) is 5.43 Å². The molecule has 5 nitrogen and oxygen atoms in total. The number of hydrogen-bond acceptors (Lipinski definition) is 5. The summed E-state index contributed by atoms with van der Waals surface area (Å²) >= 11 is 5.95. The summed E-state index contributed by atoms with van der Waals surface area (Å²) < 4.78 is 49.6. The monoisotopic (exact) mass is 482 g/mol. The van der Waals surface area contributed by atoms with Gasteiger partial charge in [-0.05, 0) is 66.7 Å². The van der Waals surface area contributed by atoms with Crippen LogP contribution in [0.2, 0.25) is 5.02 Å². The Morgan fingerprint density at radius 2 is 1.68 bits per heavy atom. The molecule has 0 saturated carbocycles. The molecule has 0 atom stereocenters. The first kappa shape index (κ1) is 21.8. The molecule has 170 valence electrons. The summed E-state index contributed by atoms with van der Waals surface area (Å²) in [6, 6.07) is 16.6. The van der Waals surface area contributed by atoms with E-state index in [4.69, 9.17) is 20.4 Å². The molecule has 1 N–H and O–H groups in total. The van der Waals surface area contributed by atoms with Crippen LogP contribution in [0.15, 0.2) is 91.7 Å². The van der Waals surface area contributed by atoms with E-state index < -0.39 is 11.7 Å². The summed E-state index contributed by atoms with van der Waals surface area (Å²) in [7, 11) is 0. The number of nitrogens with zero attached hydrogens (tertiary/aromatic N) is 1. The number of furan rings is 1. The average molecular weight is 483 g/mol. The molecular weight excluding hydrogens is 469 g/mol. The van der Waals surface area contributed by atoms with Crippen molar-refractivity contribution in [1.29, 1.82) is 0 Å². The summed E-state index contributed by atoms with van der Waals surface area (Å²) in [5.41, 5.74) is 3.80. The van der Waals surface area contributed by atoms with Crippen molar-refractivity contribution in [3.05, 3.63) is 99.4 Å². The molecule has 5 aromatic rings. The predicted molar refractivity (Wildman–Crippen MR) is 125 cm³/mol. The van der Waals surface area contributed by atoms with Crippen molar-refractivity contribution in [2.24, 2.45) is 5.10 Å². The van der Waals surface area contributed by atoms with Crippen LogP contribution in [0.4, 0.5) is 18.9 Å². The molecule has 0 aliphatic rings. The Morgan fingerprint density at radius 3 is 2.38 bits per heavy atom. The van der Waals surface area contributed by atoms with Crippen LogP contribution >= 0.6 is 11.6 Å². The van der Waals surface area contributed by atoms with Crippen molar-refractivity contribution < 1.29 is 22.0 Å². The first-order chi connectivity index (χ1) is 16.3. The Bertz CT molecular complexity index is 1590. The minimum absolute atomic E-state index is 0.174. The Morgan fingerprint density at radius 1 is 0.941 bits per heavy atom. The zero-order valence-corrected chi connectivity index (χ0v) is 17.9. The SMILES string of the molecule is O=c1c(/C=N/Nc2ccc(C(F)(F)F)cc2)coc2c1ccc1oc(-c3ccc(Cl)cc3)cc12. The number of alkyl halides is 3. The molecular formula is C25H14ClF3N2O3. The second-order valence-electron chi connectivity index (χ2n) is 7.44. The molecule has 2 aromatic heterocycles. The summed E-state index contributed by atoms with van der Waals surface area (Å²) in [4.78, 5) is 12.9. The van der Waals surface area contributed by atoms with Crippen LogP contribution in [0, 0.1) is 0 Å². The maximum Gasteiger partial charge on any atom is 0.416 e. The van der Waals surface area contributed by atoms with Gasteiger partial charge in [-0.25, -0.2) is 0 Å². The lowest BCUT2D eigenvalue weighted by molar-refractivity contribution is -0.137. The topological polar surface area (TPSA) is 67.7 Å². The van der Waals surface area contributed by atoms with E-state index in [2.05, 4.69) is 10.5 Å². The van der Waals surface area contributed by atoms with E-state index in [0.717, 1.165) is 17.7 Å². The van der Waals surface area contributed by atoms with Gasteiger partial charge in [0.1, 0.15) is 23.2 Å². The third-order valence-corrected chi connectivity index (χ3v) is 5.45. The average Bonchev–Trinajstić information content (AvgIpc) is 3.25. The van der Waals surface area contributed by atoms with Crippen LogP contribution in [0.1, 0.15) is 11.1 Å². The van der Waals surface area contributed by atoms with Crippen LogP contribution in [0.5, 0.6) is 0 Å². The van der Waals surface area contributed by atoms with Crippen molar-refractivity contribution in [3.63, 3.8) is 0 Å². The fraction of sp³-hybridized carbons (Fsp3) is 0.0400. The zero-order valence-electron chi connectivity index (χ0n) is 17.2. The van der Waals surface area contributed by atoms with E-state index in [0.29, 0.717) is 38.4 Å². The Kier molecular flexibility index (Phi) is 5.37. The zero-order chi connectivity index (χ0) is 23.9. The lowest BCUT2D eigenvalue weighted by Gasteiger charge is -2.07. The number of anilines is 1. The molecule has 0 aliphatic carbocycles. The van der Waals surface area contributed by atoms with Crippen LogP contribution in [-0.2, 0) is 6.18 Å². The molecule has 5 rings (SSSR count). The molecule has 0 fully saturated rings. The maximum atomic E-state index is 12.9. The van der Waals surface area contributed by atoms with Crippen molar-refractivity contribution in [1.82, 2.24) is 0 Å². The van der Waals surface area contributed by atoms with Crippen LogP contribution in [-0.4, -0.2) is 6.21 Å². The predicted octanol–water partition coefficient (Wildman–Crippen LogP) is 7.32. The largest absolute Gasteiger partial charge is 0.463 e. The van der Waals surface area contributed by atoms with Gasteiger partial charge in [-0.15, -0.1) is 0 Å². The quantitative estimate of drug-likeness (QED) is 0.215. The Hall–Kier alpha value is -4.04. The standard InChI is InChI=1S/C25H14ClF3N2O3/c26-17-5-1-14(2-6-17)22-11-20-21(34-22)10-9-19-23(32)15(13-33-24(19)20)12-30-31-18-7-3-16(4-8-18)25(27,28)29/h1-13,31H/b30-12+. The van der Waals surface area contributed by atoms with Gasteiger partial charge in [0, 0.05) is 10.6 Å². The Balaban J connectivity index is 1.43. The first-order valence-corrected chi connectivity index (χ1v) is 10.4. The van der Waals surface area contributed by atoms with Crippen LogP contribution in [0.25, 0.3) is 33.3 Å². The molecule has 0 saturated heterocycles. The molecule has 3 aromatic carbocycles. The van der Waals surface area contributed by atoms with Crippen molar-refractivity contribution in [2.45, 2.75) is 6.18 Å². The summed E-state index contributed by atoms with van der Waals surface area (Å²) in [5, 5.41) is 5.53. The van der Waals surface area contributed by atoms with Crippen molar-refractivity contribution in [3.8, 4) is 11.3 Å². The van der Waals surface area contributed by atoms with Crippen LogP contribution < -0.4 is 10.9 Å². The lowest BCUT2D eigenvalue weighted by Crippen LogP contribution is -2.08. The minimum Gasteiger partial charge on any atom is -0.463 e. The molecule has 2 heterocycles. The van der Waals surface area contributed by atoms with E-state index in [-0.39, 0.29) is 11.0 Å². The van der Waals surface area contributed by atoms with Crippen molar-refractivity contribution >= 4 is 45.4 Å². The van der Waals surface area contributed by atoms with E-state index >= 15 is 0 Å². The number of hydrazone groups is 1. The molecule has 0 amide bonds. The smallest absolute Gasteiger partial charge is 0.416 e. The second kappa shape index (κ2) is 8.39. The fourth-order valence-corrected chi connectivity index (χ4v) is 3.60. The summed E-state index contributed by atoms with van der Waals surface area (Å²) in [6.45, 7) is 0. The second-order valence-corrected chi connectivity index (χ2v) is 7.87. The van der Waals surface area contributed by atoms with Gasteiger partial charge in [-0.2, -0.15) is 18.3 Å². The van der Waals surface area contributed by atoms with Gasteiger partial charge in [0.25, 0.3) is 0 Å². The van der Waals surface area contributed by atoms with Crippen LogP contribution in [0.3, 0.4) is 0 Å². The molecule has 0 radical (unpaired) electrons. The van der Waals surface area contributed by atoms with E-state index in [9.17, 15) is 18.0 Å². The van der Waals surface area contributed by atoms with E-state index in [1.54, 1.807) is 30.3 Å². The minimum atomic E-state index is -4.41. The summed E-state index contributed by atoms with van der Waals surface area (Å²) in [5.74, 6) is 0.605. The number of rotatable bonds is 4. The van der Waals surface area contributed by atoms with Gasteiger partial charge in [0.15, 0.2) is 0 Å². The van der Waals surface area contributed by atoms with E-state index in [1.807, 2.05) is 12.1 Å². The van der Waals surface area contributed by atoms with E-state index in [1.165, 1.54) is 24.6 Å². The van der Waals surface area contributed by atoms with Gasteiger partial charge in [-0.1, -0.05) is 11.6 Å². The normalized spacial score (nSPS) is 12.1. The highest BCUT2D eigenvalue weighted by Gasteiger charge is 2.29. The third kappa shape index (κ3) is 4.15. The number of hydrogen-bond donors (Lipinski definition) is 1. The first-order valence-electron chi connectivity index (χ1n) is 10.00. The fourth-order valence-electron chi connectivity index (χ4n) is 3.48. The molecule has 0 bridgehead atoms. The number of fused-ring (bicyclic) bond motifs is 3. The lowest BCUT2D eigenvalue weighted by atomic mass is 10.1. The molecule has 9 heteroatoms. The molecule has 0 unspecified atom stereocenters. The van der Waals surface area contributed by atoms with Gasteiger partial charge >= 0.3 is 6.18 Å². The number of benzene rings is 3. The molecule has 0 aliphatic heterocycles. The highest BCUT2D eigenvalue weighted by Crippen LogP contribution is 2.33. The van der Waals surface area contributed by atoms with Gasteiger partial charge < -0.3 is 8.83 Å². The number of halogens is 4. The van der Waals surface area contributed by atoms with Gasteiger partial charge in [-0.3, -0.25) is 10.2 Å². The molecule has 34 heavy (non-hydrogen) atoms. The maximum absolute atomic E-state index is 12.9. The number of nitrogens with one attached hydrogen (secondary N) is 1. The highest BCUT2D eigenvalue weighted by molar-refractivity contribution is 6.30.